The van der Waals surface area contributed by atoms with Crippen LogP contribution in [0.3, 0.4) is 0 Å². The average Bonchev–Trinajstić information content (AvgIpc) is 3.12. The summed E-state index contributed by atoms with van der Waals surface area (Å²) in [6.07, 6.45) is 2.92. The molecular formula is C12H17N3O2S. The lowest BCUT2D eigenvalue weighted by molar-refractivity contribution is -0.117. The van der Waals surface area contributed by atoms with Crippen molar-refractivity contribution >= 4 is 22.4 Å². The summed E-state index contributed by atoms with van der Waals surface area (Å²) in [5.74, 6) is 0.648. The molecule has 0 aromatic carbocycles. The van der Waals surface area contributed by atoms with E-state index < -0.39 is 0 Å². The topological polar surface area (TPSA) is 63.2 Å². The Morgan fingerprint density at radius 2 is 2.50 bits per heavy atom. The van der Waals surface area contributed by atoms with E-state index in [9.17, 15) is 4.79 Å². The van der Waals surface area contributed by atoms with Gasteiger partial charge in [-0.25, -0.2) is 4.98 Å². The van der Waals surface area contributed by atoms with Crippen molar-refractivity contribution in [2.24, 2.45) is 0 Å². The zero-order valence-corrected chi connectivity index (χ0v) is 11.0. The van der Waals surface area contributed by atoms with Crippen molar-refractivity contribution in [1.29, 1.82) is 0 Å². The highest BCUT2D eigenvalue weighted by Crippen LogP contribution is 2.40. The quantitative estimate of drug-likeness (QED) is 0.864. The maximum Gasteiger partial charge on any atom is 0.227 e. The molecule has 0 spiro atoms. The van der Waals surface area contributed by atoms with E-state index in [1.807, 2.05) is 0 Å². The van der Waals surface area contributed by atoms with Crippen LogP contribution in [0.25, 0.3) is 0 Å². The second kappa shape index (κ2) is 5.34. The number of amides is 1. The van der Waals surface area contributed by atoms with E-state index >= 15 is 0 Å². The molecule has 1 atom stereocenters. The van der Waals surface area contributed by atoms with Gasteiger partial charge in [0.25, 0.3) is 0 Å². The fraction of sp³-hybridized carbons (Fsp3) is 0.667. The van der Waals surface area contributed by atoms with Crippen molar-refractivity contribution in [2.75, 3.05) is 25.1 Å². The molecule has 2 heterocycles. The smallest absolute Gasteiger partial charge is 0.227 e. The van der Waals surface area contributed by atoms with E-state index in [0.29, 0.717) is 18.9 Å². The highest BCUT2D eigenvalue weighted by molar-refractivity contribution is 7.13. The predicted molar refractivity (Wildman–Crippen MR) is 69.9 cm³/mol. The van der Waals surface area contributed by atoms with Crippen molar-refractivity contribution in [3.05, 3.63) is 11.1 Å². The summed E-state index contributed by atoms with van der Waals surface area (Å²) in [6, 6.07) is 0.126. The third-order valence-electron chi connectivity index (χ3n) is 3.19. The minimum Gasteiger partial charge on any atom is -0.378 e. The summed E-state index contributed by atoms with van der Waals surface area (Å²) in [5.41, 5.74) is 1.13. The molecule has 0 bridgehead atoms. The molecule has 1 aromatic heterocycles. The SMILES string of the molecule is O=C(CC1COCCN1)Nc1nc(C2CC2)cs1. The lowest BCUT2D eigenvalue weighted by Gasteiger charge is -2.22. The molecule has 1 saturated heterocycles. The first-order valence-electron chi connectivity index (χ1n) is 6.37. The van der Waals surface area contributed by atoms with Crippen LogP contribution in [0.4, 0.5) is 5.13 Å². The van der Waals surface area contributed by atoms with Crippen LogP contribution >= 0.6 is 11.3 Å². The number of nitrogens with one attached hydrogen (secondary N) is 2. The normalized spacial score (nSPS) is 23.9. The Labute approximate surface area is 110 Å². The molecule has 2 fully saturated rings. The number of hydrogen-bond acceptors (Lipinski definition) is 5. The molecule has 0 radical (unpaired) electrons. The Kier molecular flexibility index (Phi) is 3.58. The van der Waals surface area contributed by atoms with Gasteiger partial charge in [-0.15, -0.1) is 11.3 Å². The van der Waals surface area contributed by atoms with Crippen LogP contribution in [0.5, 0.6) is 0 Å². The number of aromatic nitrogens is 1. The number of carbonyl (C=O) groups excluding carboxylic acids is 1. The molecule has 1 saturated carbocycles. The fourth-order valence-corrected chi connectivity index (χ4v) is 2.86. The van der Waals surface area contributed by atoms with E-state index in [0.717, 1.165) is 24.0 Å². The monoisotopic (exact) mass is 267 g/mol. The molecule has 2 N–H and O–H groups in total. The van der Waals surface area contributed by atoms with Gasteiger partial charge in [0.05, 0.1) is 18.9 Å². The number of carbonyl (C=O) groups is 1. The van der Waals surface area contributed by atoms with Gasteiger partial charge in [0.1, 0.15) is 0 Å². The van der Waals surface area contributed by atoms with Crippen molar-refractivity contribution in [2.45, 2.75) is 31.2 Å². The van der Waals surface area contributed by atoms with Gasteiger partial charge in [-0.2, -0.15) is 0 Å². The van der Waals surface area contributed by atoms with Gasteiger partial charge in [0.15, 0.2) is 5.13 Å². The Balaban J connectivity index is 1.49. The molecule has 6 heteroatoms. The third-order valence-corrected chi connectivity index (χ3v) is 3.97. The molecule has 2 aliphatic rings. The van der Waals surface area contributed by atoms with Crippen LogP contribution < -0.4 is 10.6 Å². The Morgan fingerprint density at radius 3 is 3.22 bits per heavy atom. The van der Waals surface area contributed by atoms with Crippen LogP contribution in [0, 0.1) is 0 Å². The van der Waals surface area contributed by atoms with Crippen molar-refractivity contribution < 1.29 is 9.53 Å². The van der Waals surface area contributed by atoms with Gasteiger partial charge in [-0.1, -0.05) is 0 Å². The fourth-order valence-electron chi connectivity index (χ4n) is 2.06. The molecule has 1 aliphatic carbocycles. The lowest BCUT2D eigenvalue weighted by atomic mass is 10.2. The van der Waals surface area contributed by atoms with Gasteiger partial charge in [0, 0.05) is 30.3 Å². The van der Waals surface area contributed by atoms with Gasteiger partial charge < -0.3 is 15.4 Å². The maximum absolute atomic E-state index is 11.8. The molecule has 1 aliphatic heterocycles. The van der Waals surface area contributed by atoms with E-state index in [1.54, 1.807) is 0 Å². The molecule has 98 valence electrons. The standard InChI is InChI=1S/C12H17N3O2S/c16-11(5-9-6-17-4-3-13-9)15-12-14-10(7-18-12)8-1-2-8/h7-9,13H,1-6H2,(H,14,15,16). The first kappa shape index (κ1) is 12.1. The number of nitrogens with zero attached hydrogens (tertiary/aromatic N) is 1. The molecule has 1 unspecified atom stereocenters. The molecule has 3 rings (SSSR count). The van der Waals surface area contributed by atoms with Gasteiger partial charge in [-0.3, -0.25) is 4.79 Å². The first-order valence-corrected chi connectivity index (χ1v) is 7.25. The summed E-state index contributed by atoms with van der Waals surface area (Å²) >= 11 is 1.51. The minimum absolute atomic E-state index is 0.00898. The Hall–Kier alpha value is -0.980. The zero-order chi connectivity index (χ0) is 12.4. The Bertz CT molecular complexity index is 425. The van der Waals surface area contributed by atoms with E-state index in [1.165, 1.54) is 24.2 Å². The van der Waals surface area contributed by atoms with Crippen molar-refractivity contribution in [1.82, 2.24) is 10.3 Å². The highest BCUT2D eigenvalue weighted by Gasteiger charge is 2.26. The van der Waals surface area contributed by atoms with E-state index in [-0.39, 0.29) is 11.9 Å². The Morgan fingerprint density at radius 1 is 1.61 bits per heavy atom. The number of ether oxygens (including phenoxy) is 1. The van der Waals surface area contributed by atoms with Gasteiger partial charge in [-0.05, 0) is 12.8 Å². The molecule has 1 aromatic rings. The average molecular weight is 267 g/mol. The highest BCUT2D eigenvalue weighted by atomic mass is 32.1. The lowest BCUT2D eigenvalue weighted by Crippen LogP contribution is -2.43. The minimum atomic E-state index is 0.00898. The molecule has 18 heavy (non-hydrogen) atoms. The number of rotatable bonds is 4. The number of anilines is 1. The third kappa shape index (κ3) is 3.07. The van der Waals surface area contributed by atoms with E-state index in [4.69, 9.17) is 4.74 Å². The second-order valence-electron chi connectivity index (χ2n) is 4.83. The van der Waals surface area contributed by atoms with Crippen molar-refractivity contribution in [3.63, 3.8) is 0 Å². The van der Waals surface area contributed by atoms with Crippen LogP contribution in [-0.2, 0) is 9.53 Å². The predicted octanol–water partition coefficient (Wildman–Crippen LogP) is 1.34. The second-order valence-corrected chi connectivity index (χ2v) is 5.69. The summed E-state index contributed by atoms with van der Waals surface area (Å²) < 4.78 is 5.32. The summed E-state index contributed by atoms with van der Waals surface area (Å²) in [6.45, 7) is 2.16. The number of thiazole rings is 1. The van der Waals surface area contributed by atoms with Crippen LogP contribution in [0.1, 0.15) is 30.9 Å². The van der Waals surface area contributed by atoms with Crippen LogP contribution in [0.2, 0.25) is 0 Å². The zero-order valence-electron chi connectivity index (χ0n) is 10.1. The van der Waals surface area contributed by atoms with Crippen LogP contribution in [-0.4, -0.2) is 36.7 Å². The summed E-state index contributed by atoms with van der Waals surface area (Å²) in [7, 11) is 0. The van der Waals surface area contributed by atoms with Gasteiger partial charge >= 0.3 is 0 Å². The first-order chi connectivity index (χ1) is 8.81. The van der Waals surface area contributed by atoms with Crippen LogP contribution in [0.15, 0.2) is 5.38 Å². The van der Waals surface area contributed by atoms with Gasteiger partial charge in [0.2, 0.25) is 5.91 Å². The molecule has 5 nitrogen and oxygen atoms in total. The number of morpholine rings is 1. The maximum atomic E-state index is 11.8. The van der Waals surface area contributed by atoms with E-state index in [2.05, 4.69) is 21.0 Å². The largest absolute Gasteiger partial charge is 0.378 e. The molecular weight excluding hydrogens is 250 g/mol. The summed E-state index contributed by atoms with van der Waals surface area (Å²) in [4.78, 5) is 16.3. The van der Waals surface area contributed by atoms with Crippen molar-refractivity contribution in [3.8, 4) is 0 Å². The number of hydrogen-bond donors (Lipinski definition) is 2. The molecule has 1 amide bonds. The summed E-state index contributed by atoms with van der Waals surface area (Å²) in [5, 5.41) is 8.90.